The van der Waals surface area contributed by atoms with Crippen molar-refractivity contribution >= 4 is 21.4 Å². The molecule has 2 fully saturated rings. The molecule has 0 amide bonds. The van der Waals surface area contributed by atoms with Crippen molar-refractivity contribution in [2.45, 2.75) is 23.7 Å². The summed E-state index contributed by atoms with van der Waals surface area (Å²) >= 11 is 0. The Morgan fingerprint density at radius 1 is 0.852 bits per heavy atom. The van der Waals surface area contributed by atoms with E-state index in [1.54, 1.807) is 26.0 Å². The summed E-state index contributed by atoms with van der Waals surface area (Å²) in [6.45, 7) is 3.76. The lowest BCUT2D eigenvalue weighted by atomic mass is 9.93. The Kier molecular flexibility index (Phi) is 4.65. The van der Waals surface area contributed by atoms with Crippen molar-refractivity contribution < 1.29 is 37.0 Å². The molecule has 2 heterocycles. The van der Waals surface area contributed by atoms with Gasteiger partial charge in [0.25, 0.3) is 0 Å². The summed E-state index contributed by atoms with van der Waals surface area (Å²) in [6.07, 6.45) is 2.49. The minimum atomic E-state index is -3.24. The van der Waals surface area contributed by atoms with E-state index in [9.17, 15) is 18.0 Å². The molecule has 146 valence electrons. The molecule has 2 atom stereocenters. The fourth-order valence-corrected chi connectivity index (χ4v) is 4.33. The molecule has 2 saturated heterocycles. The van der Waals surface area contributed by atoms with Gasteiger partial charge in [0.2, 0.25) is 9.84 Å². The molecule has 27 heavy (non-hydrogen) atoms. The Labute approximate surface area is 157 Å². The molecule has 0 bridgehead atoms. The average Bonchev–Trinajstić information content (AvgIpc) is 3.57. The number of ketones is 2. The number of carbonyl (C=O) groups excluding carboxylic acids is 2. The fraction of sp³-hybridized carbons (Fsp3) is 0.444. The number of rotatable bonds is 4. The molecule has 1 aromatic rings. The molecule has 4 rings (SSSR count). The van der Waals surface area contributed by atoms with E-state index < -0.39 is 19.7 Å². The SMILES string of the molecule is CC1(S(=O)(=O)C2(C)CO2)CO1.COc1ccc(OC)c2c1C(=O)C=CC2=O. The summed E-state index contributed by atoms with van der Waals surface area (Å²) in [6, 6.07) is 3.23. The second kappa shape index (κ2) is 6.43. The van der Waals surface area contributed by atoms with Gasteiger partial charge in [-0.2, -0.15) is 0 Å². The molecule has 0 saturated carbocycles. The van der Waals surface area contributed by atoms with Gasteiger partial charge < -0.3 is 18.9 Å². The standard InChI is InChI=1S/C12H10O4.C6H10O4S/c1-15-9-5-6-10(16-2)12-8(14)4-3-7(13)11(9)12;1-5(3-9-5)11(7,8)6(2)4-10-6/h3-6H,1-2H3;3-4H2,1-2H3. The van der Waals surface area contributed by atoms with Crippen LogP contribution in [0, 0.1) is 0 Å². The van der Waals surface area contributed by atoms with E-state index in [1.165, 1.54) is 26.4 Å². The predicted octanol–water partition coefficient (Wildman–Crippen LogP) is 1.53. The number of epoxide rings is 2. The molecule has 0 N–H and O–H groups in total. The van der Waals surface area contributed by atoms with Crippen LogP contribution < -0.4 is 9.47 Å². The van der Waals surface area contributed by atoms with E-state index in [4.69, 9.17) is 18.9 Å². The summed E-state index contributed by atoms with van der Waals surface area (Å²) < 4.78 is 43.0. The van der Waals surface area contributed by atoms with Gasteiger partial charge in [0, 0.05) is 0 Å². The smallest absolute Gasteiger partial charge is 0.213 e. The third-order valence-electron chi connectivity index (χ3n) is 4.69. The Balaban J connectivity index is 0.000000166. The van der Waals surface area contributed by atoms with Gasteiger partial charge in [-0.1, -0.05) is 0 Å². The molecule has 3 aliphatic rings. The number of carbonyl (C=O) groups is 2. The van der Waals surface area contributed by atoms with E-state index in [2.05, 4.69) is 0 Å². The highest BCUT2D eigenvalue weighted by atomic mass is 32.2. The van der Waals surface area contributed by atoms with Crippen LogP contribution in [-0.4, -0.2) is 57.3 Å². The Morgan fingerprint density at radius 3 is 1.44 bits per heavy atom. The van der Waals surface area contributed by atoms with Crippen LogP contribution in [0.25, 0.3) is 0 Å². The van der Waals surface area contributed by atoms with Crippen molar-refractivity contribution in [2.75, 3.05) is 27.4 Å². The van der Waals surface area contributed by atoms with Gasteiger partial charge in [-0.05, 0) is 38.1 Å². The van der Waals surface area contributed by atoms with Crippen LogP contribution in [0.3, 0.4) is 0 Å². The maximum Gasteiger partial charge on any atom is 0.213 e. The molecule has 1 aliphatic carbocycles. The number of fused-ring (bicyclic) bond motifs is 1. The van der Waals surface area contributed by atoms with Crippen LogP contribution in [0.1, 0.15) is 34.6 Å². The first kappa shape index (κ1) is 19.5. The van der Waals surface area contributed by atoms with E-state index in [0.717, 1.165) is 0 Å². The van der Waals surface area contributed by atoms with Gasteiger partial charge in [-0.3, -0.25) is 9.59 Å². The maximum atomic E-state index is 11.7. The van der Waals surface area contributed by atoms with E-state index in [0.29, 0.717) is 24.7 Å². The molecular formula is C18H20O8S. The lowest BCUT2D eigenvalue weighted by Gasteiger charge is -2.15. The second-order valence-corrected chi connectivity index (χ2v) is 9.36. The summed E-state index contributed by atoms with van der Waals surface area (Å²) in [4.78, 5) is 21.5. The molecule has 9 heteroatoms. The topological polar surface area (TPSA) is 112 Å². The van der Waals surface area contributed by atoms with Crippen LogP contribution in [0.4, 0.5) is 0 Å². The minimum absolute atomic E-state index is 0.245. The zero-order valence-corrected chi connectivity index (χ0v) is 16.2. The number of ether oxygens (including phenoxy) is 4. The van der Waals surface area contributed by atoms with Crippen LogP contribution in [0.2, 0.25) is 0 Å². The van der Waals surface area contributed by atoms with Gasteiger partial charge in [-0.25, -0.2) is 8.42 Å². The molecule has 0 spiro atoms. The average molecular weight is 396 g/mol. The summed E-state index contributed by atoms with van der Waals surface area (Å²) in [5.74, 6) is 0.285. The second-order valence-electron chi connectivity index (χ2n) is 6.63. The number of sulfone groups is 1. The number of allylic oxidation sites excluding steroid dienone is 2. The van der Waals surface area contributed by atoms with Crippen LogP contribution >= 0.6 is 0 Å². The number of methoxy groups -OCH3 is 2. The van der Waals surface area contributed by atoms with Crippen molar-refractivity contribution in [1.82, 2.24) is 0 Å². The quantitative estimate of drug-likeness (QED) is 0.705. The van der Waals surface area contributed by atoms with E-state index in [1.807, 2.05) is 0 Å². The van der Waals surface area contributed by atoms with E-state index >= 15 is 0 Å². The molecule has 0 radical (unpaired) electrons. The molecule has 0 aromatic heterocycles. The van der Waals surface area contributed by atoms with Crippen LogP contribution in [0.15, 0.2) is 24.3 Å². The first-order valence-electron chi connectivity index (χ1n) is 8.14. The first-order valence-corrected chi connectivity index (χ1v) is 9.62. The first-order chi connectivity index (χ1) is 12.6. The lowest BCUT2D eigenvalue weighted by Crippen LogP contribution is -2.33. The van der Waals surface area contributed by atoms with Crippen LogP contribution in [-0.2, 0) is 19.3 Å². The Hall–Kier alpha value is -2.23. The minimum Gasteiger partial charge on any atom is -0.496 e. The normalized spacial score (nSPS) is 28.0. The Bertz CT molecular complexity index is 867. The lowest BCUT2D eigenvalue weighted by molar-refractivity contribution is 0.0989. The largest absolute Gasteiger partial charge is 0.496 e. The molecular weight excluding hydrogens is 376 g/mol. The third kappa shape index (κ3) is 3.15. The summed E-state index contributed by atoms with van der Waals surface area (Å²) in [5, 5.41) is 0. The van der Waals surface area contributed by atoms with Gasteiger partial charge >= 0.3 is 0 Å². The molecule has 1 aromatic carbocycles. The van der Waals surface area contributed by atoms with Gasteiger partial charge in [0.15, 0.2) is 21.4 Å². The fourth-order valence-electron chi connectivity index (χ4n) is 2.68. The zero-order valence-electron chi connectivity index (χ0n) is 15.4. The van der Waals surface area contributed by atoms with Gasteiger partial charge in [0.1, 0.15) is 11.5 Å². The maximum absolute atomic E-state index is 11.7. The Morgan fingerprint density at radius 2 is 1.19 bits per heavy atom. The molecule has 8 nitrogen and oxygen atoms in total. The summed E-state index contributed by atoms with van der Waals surface area (Å²) in [5.41, 5.74) is 0.545. The van der Waals surface area contributed by atoms with Crippen molar-refractivity contribution in [3.05, 3.63) is 35.4 Å². The zero-order chi connectivity index (χ0) is 20.0. The molecule has 2 unspecified atom stereocenters. The highest BCUT2D eigenvalue weighted by molar-refractivity contribution is 7.94. The van der Waals surface area contributed by atoms with Gasteiger partial charge in [-0.15, -0.1) is 0 Å². The molecule has 2 aliphatic heterocycles. The van der Waals surface area contributed by atoms with Crippen LogP contribution in [0.5, 0.6) is 11.5 Å². The van der Waals surface area contributed by atoms with Crippen molar-refractivity contribution in [3.8, 4) is 11.5 Å². The van der Waals surface area contributed by atoms with Crippen molar-refractivity contribution in [2.24, 2.45) is 0 Å². The highest BCUT2D eigenvalue weighted by Gasteiger charge is 2.66. The summed E-state index contributed by atoms with van der Waals surface area (Å²) in [7, 11) is -0.323. The number of benzene rings is 1. The highest BCUT2D eigenvalue weighted by Crippen LogP contribution is 2.46. The van der Waals surface area contributed by atoms with Gasteiger partial charge in [0.05, 0.1) is 38.6 Å². The number of hydrogen-bond acceptors (Lipinski definition) is 8. The number of hydrogen-bond donors (Lipinski definition) is 0. The van der Waals surface area contributed by atoms with Crippen molar-refractivity contribution in [3.63, 3.8) is 0 Å². The van der Waals surface area contributed by atoms with E-state index in [-0.39, 0.29) is 22.7 Å². The monoisotopic (exact) mass is 396 g/mol. The van der Waals surface area contributed by atoms with Crippen molar-refractivity contribution in [1.29, 1.82) is 0 Å². The third-order valence-corrected chi connectivity index (χ3v) is 7.43. The predicted molar refractivity (Wildman–Crippen MR) is 95.0 cm³/mol.